The summed E-state index contributed by atoms with van der Waals surface area (Å²) in [6, 6.07) is 5.06. The van der Waals surface area contributed by atoms with Crippen LogP contribution >= 0.6 is 11.3 Å². The average Bonchev–Trinajstić information content (AvgIpc) is 3.08. The van der Waals surface area contributed by atoms with Gasteiger partial charge in [-0.2, -0.15) is 0 Å². The lowest BCUT2D eigenvalue weighted by Gasteiger charge is -2.05. The Balaban J connectivity index is 1.78. The molecule has 0 atom stereocenters. The van der Waals surface area contributed by atoms with Gasteiger partial charge in [-0.05, 0) is 30.7 Å². The molecule has 3 N–H and O–H groups in total. The van der Waals surface area contributed by atoms with Crippen molar-refractivity contribution in [1.29, 1.82) is 0 Å². The summed E-state index contributed by atoms with van der Waals surface area (Å²) < 4.78 is 17.7. The van der Waals surface area contributed by atoms with E-state index < -0.39 is 5.91 Å². The van der Waals surface area contributed by atoms with Gasteiger partial charge in [-0.15, -0.1) is 10.2 Å². The summed E-state index contributed by atoms with van der Waals surface area (Å²) in [4.78, 5) is 23.6. The molecule has 8 nitrogen and oxygen atoms in total. The summed E-state index contributed by atoms with van der Waals surface area (Å²) in [5.41, 5.74) is 0.455. The number of hydrogen-bond acceptors (Lipinski definition) is 6. The van der Waals surface area contributed by atoms with Crippen LogP contribution in [0.25, 0.3) is 0 Å². The fraction of sp³-hybridized carbons (Fsp3) is 0.333. The molecule has 3 amide bonds. The van der Waals surface area contributed by atoms with Gasteiger partial charge in [-0.1, -0.05) is 11.3 Å². The number of ether oxygens (including phenoxy) is 1. The summed E-state index contributed by atoms with van der Waals surface area (Å²) in [7, 11) is 1.60. The number of nitrogens with zero attached hydrogens (tertiary/aromatic N) is 2. The minimum Gasteiger partial charge on any atom is -0.385 e. The van der Waals surface area contributed by atoms with Crippen molar-refractivity contribution in [3.05, 3.63) is 40.1 Å². The SMILES string of the molecule is COCCCNC(=O)NCc1nnc(C(=O)Nc2ccc(F)cc2)s1. The third-order valence-corrected chi connectivity index (χ3v) is 3.90. The molecule has 1 aromatic carbocycles. The minimum absolute atomic E-state index is 0.154. The Morgan fingerprint density at radius 3 is 2.68 bits per heavy atom. The lowest BCUT2D eigenvalue weighted by atomic mass is 10.3. The molecule has 0 spiro atoms. The molecule has 0 bridgehead atoms. The van der Waals surface area contributed by atoms with Crippen LogP contribution in [0.2, 0.25) is 0 Å². The number of carbonyl (C=O) groups is 2. The van der Waals surface area contributed by atoms with Gasteiger partial charge in [0.25, 0.3) is 5.91 Å². The predicted octanol–water partition coefficient (Wildman–Crippen LogP) is 1.77. The third-order valence-electron chi connectivity index (χ3n) is 2.97. The Kier molecular flexibility index (Phi) is 7.23. The number of rotatable bonds is 8. The summed E-state index contributed by atoms with van der Waals surface area (Å²) in [5.74, 6) is -0.831. The Hall–Kier alpha value is -2.59. The second-order valence-electron chi connectivity index (χ2n) is 4.92. The van der Waals surface area contributed by atoms with Crippen molar-refractivity contribution in [1.82, 2.24) is 20.8 Å². The van der Waals surface area contributed by atoms with Crippen LogP contribution in [-0.2, 0) is 11.3 Å². The monoisotopic (exact) mass is 367 g/mol. The van der Waals surface area contributed by atoms with Crippen molar-refractivity contribution < 1.29 is 18.7 Å². The van der Waals surface area contributed by atoms with Crippen molar-refractivity contribution in [2.24, 2.45) is 0 Å². The van der Waals surface area contributed by atoms with Gasteiger partial charge in [0.2, 0.25) is 5.01 Å². The Labute approximate surface area is 147 Å². The van der Waals surface area contributed by atoms with E-state index in [-0.39, 0.29) is 23.4 Å². The van der Waals surface area contributed by atoms with Gasteiger partial charge >= 0.3 is 6.03 Å². The van der Waals surface area contributed by atoms with Crippen molar-refractivity contribution in [3.8, 4) is 0 Å². The molecular formula is C15H18FN5O3S. The number of benzene rings is 1. The van der Waals surface area contributed by atoms with Crippen LogP contribution in [0.15, 0.2) is 24.3 Å². The smallest absolute Gasteiger partial charge is 0.315 e. The highest BCUT2D eigenvalue weighted by Gasteiger charge is 2.13. The molecule has 2 rings (SSSR count). The number of methoxy groups -OCH3 is 1. The van der Waals surface area contributed by atoms with Crippen LogP contribution in [0.3, 0.4) is 0 Å². The molecule has 10 heteroatoms. The molecule has 0 aliphatic carbocycles. The second kappa shape index (κ2) is 9.64. The molecule has 0 saturated heterocycles. The first-order valence-electron chi connectivity index (χ1n) is 7.48. The number of nitrogens with one attached hydrogen (secondary N) is 3. The van der Waals surface area contributed by atoms with E-state index in [4.69, 9.17) is 4.74 Å². The van der Waals surface area contributed by atoms with Crippen LogP contribution in [0.1, 0.15) is 21.2 Å². The zero-order valence-corrected chi connectivity index (χ0v) is 14.4. The molecule has 134 valence electrons. The molecular weight excluding hydrogens is 349 g/mol. The maximum Gasteiger partial charge on any atom is 0.315 e. The maximum absolute atomic E-state index is 12.8. The molecule has 0 unspecified atom stereocenters. The molecule has 25 heavy (non-hydrogen) atoms. The van der Waals surface area contributed by atoms with Gasteiger partial charge in [0.15, 0.2) is 0 Å². The number of aromatic nitrogens is 2. The first-order valence-corrected chi connectivity index (χ1v) is 8.30. The molecule has 0 aliphatic rings. The van der Waals surface area contributed by atoms with E-state index in [9.17, 15) is 14.0 Å². The van der Waals surface area contributed by atoms with Crippen LogP contribution in [0, 0.1) is 5.82 Å². The lowest BCUT2D eigenvalue weighted by molar-refractivity contribution is 0.102. The van der Waals surface area contributed by atoms with Crippen molar-refractivity contribution in [2.75, 3.05) is 25.6 Å². The molecule has 0 aliphatic heterocycles. The highest BCUT2D eigenvalue weighted by atomic mass is 32.1. The second-order valence-corrected chi connectivity index (χ2v) is 5.98. The fourth-order valence-corrected chi connectivity index (χ4v) is 2.45. The van der Waals surface area contributed by atoms with Gasteiger partial charge in [0.1, 0.15) is 10.8 Å². The van der Waals surface area contributed by atoms with E-state index in [1.807, 2.05) is 0 Å². The zero-order valence-electron chi connectivity index (χ0n) is 13.5. The first kappa shape index (κ1) is 18.7. The van der Waals surface area contributed by atoms with E-state index in [1.165, 1.54) is 24.3 Å². The molecule has 2 aromatic rings. The highest BCUT2D eigenvalue weighted by molar-refractivity contribution is 7.13. The Morgan fingerprint density at radius 2 is 1.96 bits per heavy atom. The van der Waals surface area contributed by atoms with Gasteiger partial charge in [-0.3, -0.25) is 4.79 Å². The predicted molar refractivity (Wildman–Crippen MR) is 91.0 cm³/mol. The van der Waals surface area contributed by atoms with E-state index in [1.54, 1.807) is 7.11 Å². The van der Waals surface area contributed by atoms with Crippen LogP contribution in [-0.4, -0.2) is 42.4 Å². The van der Waals surface area contributed by atoms with Crippen molar-refractivity contribution >= 4 is 29.0 Å². The number of urea groups is 1. The number of halogens is 1. The van der Waals surface area contributed by atoms with Crippen molar-refractivity contribution in [3.63, 3.8) is 0 Å². The minimum atomic E-state index is -0.445. The molecule has 1 aromatic heterocycles. The molecule has 0 radical (unpaired) electrons. The Morgan fingerprint density at radius 1 is 1.20 bits per heavy atom. The first-order chi connectivity index (χ1) is 12.1. The van der Waals surface area contributed by atoms with Gasteiger partial charge in [-0.25, -0.2) is 9.18 Å². The quantitative estimate of drug-likeness (QED) is 0.617. The summed E-state index contributed by atoms with van der Waals surface area (Å²) in [6.45, 7) is 1.24. The summed E-state index contributed by atoms with van der Waals surface area (Å²) in [6.07, 6.45) is 0.719. The maximum atomic E-state index is 12.8. The lowest BCUT2D eigenvalue weighted by Crippen LogP contribution is -2.35. The molecule has 0 saturated carbocycles. The third kappa shape index (κ3) is 6.43. The standard InChI is InChI=1S/C15H18FN5O3S/c1-24-8-2-7-17-15(23)18-9-12-20-21-14(25-12)13(22)19-11-5-3-10(16)4-6-11/h3-6H,2,7-9H2,1H3,(H,19,22)(H2,17,18,23). The van der Waals surface area contributed by atoms with E-state index in [2.05, 4.69) is 26.1 Å². The number of carbonyl (C=O) groups excluding carboxylic acids is 2. The number of anilines is 1. The van der Waals surface area contributed by atoms with E-state index >= 15 is 0 Å². The number of amides is 3. The van der Waals surface area contributed by atoms with Crippen LogP contribution in [0.4, 0.5) is 14.9 Å². The highest BCUT2D eigenvalue weighted by Crippen LogP contribution is 2.13. The van der Waals surface area contributed by atoms with Crippen LogP contribution < -0.4 is 16.0 Å². The van der Waals surface area contributed by atoms with Crippen molar-refractivity contribution in [2.45, 2.75) is 13.0 Å². The van der Waals surface area contributed by atoms with Crippen LogP contribution in [0.5, 0.6) is 0 Å². The summed E-state index contributed by atoms with van der Waals surface area (Å²) >= 11 is 1.07. The largest absolute Gasteiger partial charge is 0.385 e. The van der Waals surface area contributed by atoms with Gasteiger partial charge < -0.3 is 20.7 Å². The summed E-state index contributed by atoms with van der Waals surface area (Å²) in [5, 5.41) is 16.2. The molecule has 0 fully saturated rings. The Bertz CT molecular complexity index is 707. The van der Waals surface area contributed by atoms with Gasteiger partial charge in [0.05, 0.1) is 6.54 Å². The normalized spacial score (nSPS) is 10.3. The van der Waals surface area contributed by atoms with E-state index in [0.29, 0.717) is 23.8 Å². The topological polar surface area (TPSA) is 105 Å². The van der Waals surface area contributed by atoms with E-state index in [0.717, 1.165) is 17.8 Å². The fourth-order valence-electron chi connectivity index (χ4n) is 1.77. The number of hydrogen-bond donors (Lipinski definition) is 3. The van der Waals surface area contributed by atoms with Gasteiger partial charge in [0, 0.05) is 25.9 Å². The zero-order chi connectivity index (χ0) is 18.1. The average molecular weight is 367 g/mol. The molecule has 1 heterocycles.